The zero-order chi connectivity index (χ0) is 7.40. The summed E-state index contributed by atoms with van der Waals surface area (Å²) in [6, 6.07) is 0. The molecule has 2 atom stereocenters. The Balaban J connectivity index is 2.39. The first kappa shape index (κ1) is 7.54. The number of nitrogens with two attached hydrogens (primary N) is 1. The van der Waals surface area contributed by atoms with Gasteiger partial charge in [0.15, 0.2) is 0 Å². The second kappa shape index (κ2) is 3.56. The summed E-state index contributed by atoms with van der Waals surface area (Å²) in [5.74, 6) is 5.19. The second-order valence-corrected chi connectivity index (χ2v) is 2.81. The third-order valence-electron chi connectivity index (χ3n) is 2.06. The number of rotatable bonds is 1. The number of aliphatic hydroxyl groups excluding tert-OH is 1. The van der Waals surface area contributed by atoms with Crippen molar-refractivity contribution in [3.05, 3.63) is 0 Å². The molecule has 0 radical (unpaired) electrons. The van der Waals surface area contributed by atoms with Gasteiger partial charge in [0.2, 0.25) is 0 Å². The molecule has 0 aromatic rings. The summed E-state index contributed by atoms with van der Waals surface area (Å²) >= 11 is 0. The van der Waals surface area contributed by atoms with Crippen molar-refractivity contribution in [2.24, 2.45) is 16.9 Å². The first-order chi connectivity index (χ1) is 4.84. The molecule has 2 unspecified atom stereocenters. The van der Waals surface area contributed by atoms with Gasteiger partial charge in [-0.2, -0.15) is 5.10 Å². The molecule has 0 amide bonds. The lowest BCUT2D eigenvalue weighted by atomic mass is 9.87. The number of hydrogen-bond donors (Lipinski definition) is 2. The van der Waals surface area contributed by atoms with Crippen LogP contribution in [0.3, 0.4) is 0 Å². The molecule has 1 fully saturated rings. The lowest BCUT2D eigenvalue weighted by Gasteiger charge is -2.23. The third-order valence-corrected chi connectivity index (χ3v) is 2.06. The first-order valence-electron chi connectivity index (χ1n) is 3.76. The van der Waals surface area contributed by atoms with Crippen molar-refractivity contribution in [1.29, 1.82) is 0 Å². The largest absolute Gasteiger partial charge is 0.392 e. The molecular formula is C7H14N2O. The molecule has 0 aliphatic heterocycles. The molecule has 0 aromatic heterocycles. The van der Waals surface area contributed by atoms with Crippen LogP contribution in [0.25, 0.3) is 0 Å². The van der Waals surface area contributed by atoms with Gasteiger partial charge >= 0.3 is 0 Å². The molecular weight excluding hydrogens is 128 g/mol. The number of nitrogens with zero attached hydrogens (tertiary/aromatic N) is 1. The molecule has 3 nitrogen and oxygen atoms in total. The van der Waals surface area contributed by atoms with Gasteiger partial charge in [0.25, 0.3) is 0 Å². The number of hydrogen-bond acceptors (Lipinski definition) is 3. The van der Waals surface area contributed by atoms with E-state index in [1.165, 1.54) is 6.42 Å². The van der Waals surface area contributed by atoms with Crippen LogP contribution in [0.5, 0.6) is 0 Å². The zero-order valence-corrected chi connectivity index (χ0v) is 6.03. The quantitative estimate of drug-likeness (QED) is 0.318. The van der Waals surface area contributed by atoms with Gasteiger partial charge in [-0.1, -0.05) is 12.8 Å². The van der Waals surface area contributed by atoms with Crippen LogP contribution >= 0.6 is 0 Å². The predicted molar refractivity (Wildman–Crippen MR) is 40.6 cm³/mol. The van der Waals surface area contributed by atoms with Crippen molar-refractivity contribution in [3.8, 4) is 0 Å². The summed E-state index contributed by atoms with van der Waals surface area (Å²) in [7, 11) is 0. The highest BCUT2D eigenvalue weighted by Crippen LogP contribution is 2.22. The summed E-state index contributed by atoms with van der Waals surface area (Å²) in [6.45, 7) is 0. The number of aliphatic hydroxyl groups is 1. The normalized spacial score (nSPS) is 34.9. The van der Waals surface area contributed by atoms with Crippen LogP contribution in [-0.4, -0.2) is 17.4 Å². The van der Waals surface area contributed by atoms with E-state index in [4.69, 9.17) is 5.84 Å². The summed E-state index contributed by atoms with van der Waals surface area (Å²) in [6.07, 6.45) is 5.70. The van der Waals surface area contributed by atoms with Crippen LogP contribution in [0.1, 0.15) is 25.7 Å². The molecule has 0 heterocycles. The van der Waals surface area contributed by atoms with E-state index in [9.17, 15) is 5.11 Å². The van der Waals surface area contributed by atoms with Crippen molar-refractivity contribution in [1.82, 2.24) is 0 Å². The molecule has 58 valence electrons. The van der Waals surface area contributed by atoms with E-state index < -0.39 is 0 Å². The Morgan fingerprint density at radius 2 is 2.10 bits per heavy atom. The van der Waals surface area contributed by atoms with Gasteiger partial charge in [-0.3, -0.25) is 0 Å². The molecule has 0 saturated heterocycles. The Kier molecular flexibility index (Phi) is 2.68. The highest BCUT2D eigenvalue weighted by atomic mass is 16.3. The molecule has 0 aromatic carbocycles. The van der Waals surface area contributed by atoms with E-state index in [0.717, 1.165) is 19.3 Å². The van der Waals surface area contributed by atoms with Crippen molar-refractivity contribution < 1.29 is 5.11 Å². The smallest absolute Gasteiger partial charge is 0.0618 e. The average Bonchev–Trinajstić information content (AvgIpc) is 1.94. The Labute approximate surface area is 60.9 Å². The van der Waals surface area contributed by atoms with Gasteiger partial charge in [0.1, 0.15) is 0 Å². The van der Waals surface area contributed by atoms with Crippen molar-refractivity contribution >= 4 is 6.21 Å². The minimum Gasteiger partial charge on any atom is -0.392 e. The maximum Gasteiger partial charge on any atom is 0.0618 e. The molecule has 1 aliphatic rings. The summed E-state index contributed by atoms with van der Waals surface area (Å²) in [4.78, 5) is 0. The molecule has 10 heavy (non-hydrogen) atoms. The fraction of sp³-hybridized carbons (Fsp3) is 0.857. The summed E-state index contributed by atoms with van der Waals surface area (Å²) < 4.78 is 0. The van der Waals surface area contributed by atoms with Gasteiger partial charge in [0.05, 0.1) is 6.10 Å². The molecule has 1 aliphatic carbocycles. The van der Waals surface area contributed by atoms with E-state index in [1.807, 2.05) is 0 Å². The Morgan fingerprint density at radius 3 is 2.70 bits per heavy atom. The number of hydrazone groups is 1. The van der Waals surface area contributed by atoms with Crippen LogP contribution in [0, 0.1) is 5.92 Å². The fourth-order valence-corrected chi connectivity index (χ4v) is 1.42. The van der Waals surface area contributed by atoms with E-state index in [0.29, 0.717) is 0 Å². The molecule has 3 heteroatoms. The minimum absolute atomic E-state index is 0.207. The Bertz CT molecular complexity index is 125. The minimum atomic E-state index is -0.207. The van der Waals surface area contributed by atoms with Gasteiger partial charge in [-0.25, -0.2) is 0 Å². The van der Waals surface area contributed by atoms with Crippen molar-refractivity contribution in [2.45, 2.75) is 31.8 Å². The summed E-state index contributed by atoms with van der Waals surface area (Å²) in [5, 5.41) is 12.8. The third kappa shape index (κ3) is 1.70. The average molecular weight is 142 g/mol. The van der Waals surface area contributed by atoms with Crippen LogP contribution < -0.4 is 5.84 Å². The van der Waals surface area contributed by atoms with E-state index >= 15 is 0 Å². The second-order valence-electron chi connectivity index (χ2n) is 2.81. The zero-order valence-electron chi connectivity index (χ0n) is 6.03. The van der Waals surface area contributed by atoms with Gasteiger partial charge in [0, 0.05) is 12.1 Å². The molecule has 1 rings (SSSR count). The van der Waals surface area contributed by atoms with Crippen molar-refractivity contribution in [3.63, 3.8) is 0 Å². The molecule has 1 saturated carbocycles. The molecule has 0 spiro atoms. The maximum absolute atomic E-state index is 9.35. The van der Waals surface area contributed by atoms with Gasteiger partial charge in [-0.05, 0) is 12.8 Å². The lowest BCUT2D eigenvalue weighted by Crippen LogP contribution is -2.25. The molecule has 3 N–H and O–H groups in total. The fourth-order valence-electron chi connectivity index (χ4n) is 1.42. The van der Waals surface area contributed by atoms with Gasteiger partial charge in [-0.15, -0.1) is 0 Å². The maximum atomic E-state index is 9.35. The standard InChI is InChI=1S/C7H14N2O/c8-9-5-6-3-1-2-4-7(6)10/h5-7,10H,1-4,8H2/b9-5-. The SMILES string of the molecule is N/N=C\C1CCCCC1O. The molecule has 0 bridgehead atoms. The predicted octanol–water partition coefficient (Wildman–Crippen LogP) is 0.482. The van der Waals surface area contributed by atoms with Crippen LogP contribution in [0.2, 0.25) is 0 Å². The van der Waals surface area contributed by atoms with Crippen LogP contribution in [0.4, 0.5) is 0 Å². The Hall–Kier alpha value is -0.570. The highest BCUT2D eigenvalue weighted by molar-refractivity contribution is 5.61. The lowest BCUT2D eigenvalue weighted by molar-refractivity contribution is 0.103. The van der Waals surface area contributed by atoms with E-state index in [-0.39, 0.29) is 12.0 Å². The monoisotopic (exact) mass is 142 g/mol. The van der Waals surface area contributed by atoms with E-state index in [2.05, 4.69) is 5.10 Å². The van der Waals surface area contributed by atoms with Crippen molar-refractivity contribution in [2.75, 3.05) is 0 Å². The van der Waals surface area contributed by atoms with Crippen LogP contribution in [-0.2, 0) is 0 Å². The topological polar surface area (TPSA) is 58.6 Å². The van der Waals surface area contributed by atoms with Gasteiger partial charge < -0.3 is 10.9 Å². The van der Waals surface area contributed by atoms with E-state index in [1.54, 1.807) is 6.21 Å². The highest BCUT2D eigenvalue weighted by Gasteiger charge is 2.20. The first-order valence-corrected chi connectivity index (χ1v) is 3.76. The Morgan fingerprint density at radius 1 is 1.40 bits per heavy atom. The summed E-state index contributed by atoms with van der Waals surface area (Å²) in [5.41, 5.74) is 0. The van der Waals surface area contributed by atoms with Crippen LogP contribution in [0.15, 0.2) is 5.10 Å².